The number of benzene rings is 2. The fourth-order valence-electron chi connectivity index (χ4n) is 2.94. The Morgan fingerprint density at radius 3 is 2.56 bits per heavy atom. The van der Waals surface area contributed by atoms with Crippen molar-refractivity contribution in [2.24, 2.45) is 0 Å². The van der Waals surface area contributed by atoms with Gasteiger partial charge in [0, 0.05) is 17.0 Å². The molecule has 10 heteroatoms. The Bertz CT molecular complexity index is 1100. The maximum atomic E-state index is 12.4. The zero-order valence-electron chi connectivity index (χ0n) is 19.5. The highest BCUT2D eigenvalue weighted by Gasteiger charge is 2.25. The monoisotopic (exact) mass is 500 g/mol. The maximum Gasteiger partial charge on any atom is 0.408 e. The number of thioether (sulfide) groups is 2. The summed E-state index contributed by atoms with van der Waals surface area (Å²) < 4.78 is 11.2. The van der Waals surface area contributed by atoms with Crippen LogP contribution < -0.4 is 10.6 Å². The van der Waals surface area contributed by atoms with E-state index in [2.05, 4.69) is 20.8 Å². The summed E-state index contributed by atoms with van der Waals surface area (Å²) in [7, 11) is 0. The van der Waals surface area contributed by atoms with E-state index >= 15 is 0 Å². The van der Waals surface area contributed by atoms with Crippen LogP contribution in [0.15, 0.2) is 69.1 Å². The van der Waals surface area contributed by atoms with Crippen LogP contribution in [0.25, 0.3) is 0 Å². The maximum absolute atomic E-state index is 12.4. The first-order valence-corrected chi connectivity index (χ1v) is 12.9. The quantitative estimate of drug-likeness (QED) is 0.380. The predicted octanol–water partition coefficient (Wildman–Crippen LogP) is 5.33. The number of carbonyl (C=O) groups is 2. The van der Waals surface area contributed by atoms with Gasteiger partial charge in [-0.25, -0.2) is 4.79 Å². The number of nitrogens with one attached hydrogen (secondary N) is 2. The Balaban J connectivity index is 1.63. The number of carbonyl (C=O) groups excluding carboxylic acids is 2. The van der Waals surface area contributed by atoms with E-state index in [1.54, 1.807) is 32.5 Å². The number of rotatable bonds is 9. The molecule has 0 aliphatic carbocycles. The summed E-state index contributed by atoms with van der Waals surface area (Å²) in [5.74, 6) is 0.162. The van der Waals surface area contributed by atoms with Crippen LogP contribution in [0.3, 0.4) is 0 Å². The highest BCUT2D eigenvalue weighted by Crippen LogP contribution is 2.24. The van der Waals surface area contributed by atoms with Crippen molar-refractivity contribution in [3.8, 4) is 0 Å². The fraction of sp³-hybridized carbons (Fsp3) is 0.333. The number of ether oxygens (including phenoxy) is 1. The molecule has 0 bridgehead atoms. The van der Waals surface area contributed by atoms with Crippen molar-refractivity contribution in [2.75, 3.05) is 17.3 Å². The van der Waals surface area contributed by atoms with Crippen LogP contribution in [0.4, 0.5) is 10.5 Å². The van der Waals surface area contributed by atoms with Gasteiger partial charge in [0.05, 0.1) is 5.75 Å². The van der Waals surface area contributed by atoms with Crippen molar-refractivity contribution < 1.29 is 18.7 Å². The molecule has 0 unspecified atom stereocenters. The Hall–Kier alpha value is -2.98. The molecule has 0 spiro atoms. The lowest BCUT2D eigenvalue weighted by atomic mass is 10.1. The van der Waals surface area contributed by atoms with Gasteiger partial charge in [0.15, 0.2) is 0 Å². The molecule has 2 amide bonds. The van der Waals surface area contributed by atoms with Crippen molar-refractivity contribution in [3.63, 3.8) is 0 Å². The van der Waals surface area contributed by atoms with Crippen molar-refractivity contribution in [2.45, 2.75) is 49.0 Å². The number of hydrogen-bond acceptors (Lipinski definition) is 8. The molecular weight excluding hydrogens is 472 g/mol. The van der Waals surface area contributed by atoms with Crippen molar-refractivity contribution in [1.29, 1.82) is 0 Å². The summed E-state index contributed by atoms with van der Waals surface area (Å²) in [5, 5.41) is 14.1. The number of amides is 2. The molecule has 180 valence electrons. The molecule has 34 heavy (non-hydrogen) atoms. The van der Waals surface area contributed by atoms with Gasteiger partial charge in [0.2, 0.25) is 11.8 Å². The lowest BCUT2D eigenvalue weighted by Crippen LogP contribution is -2.36. The average Bonchev–Trinajstić information content (AvgIpc) is 3.26. The van der Waals surface area contributed by atoms with Crippen LogP contribution in [0.5, 0.6) is 0 Å². The summed E-state index contributed by atoms with van der Waals surface area (Å²) in [4.78, 5) is 25.8. The fourth-order valence-corrected chi connectivity index (χ4v) is 3.97. The van der Waals surface area contributed by atoms with Gasteiger partial charge in [0.1, 0.15) is 11.6 Å². The lowest BCUT2D eigenvalue weighted by molar-refractivity contribution is -0.113. The Labute approximate surface area is 207 Å². The molecule has 0 saturated carbocycles. The molecule has 1 aromatic heterocycles. The molecular formula is C24H28N4O4S2. The minimum atomic E-state index is -0.639. The van der Waals surface area contributed by atoms with Crippen molar-refractivity contribution >= 4 is 41.2 Å². The van der Waals surface area contributed by atoms with Gasteiger partial charge in [-0.1, -0.05) is 48.2 Å². The van der Waals surface area contributed by atoms with Crippen LogP contribution in [0.1, 0.15) is 38.3 Å². The summed E-state index contributed by atoms with van der Waals surface area (Å²) in [6.07, 6.45) is 1.85. The number of aromatic nitrogens is 2. The molecule has 0 fully saturated rings. The van der Waals surface area contributed by atoms with Crippen LogP contribution in [-0.4, -0.2) is 39.8 Å². The Morgan fingerprint density at radius 1 is 1.09 bits per heavy atom. The molecule has 3 rings (SSSR count). The second-order valence-corrected chi connectivity index (χ2v) is 10.2. The normalized spacial score (nSPS) is 12.1. The smallest absolute Gasteiger partial charge is 0.408 e. The van der Waals surface area contributed by atoms with Gasteiger partial charge in [0.25, 0.3) is 5.22 Å². The second kappa shape index (κ2) is 11.9. The van der Waals surface area contributed by atoms with E-state index in [4.69, 9.17) is 9.15 Å². The lowest BCUT2D eigenvalue weighted by Gasteiger charge is -2.22. The van der Waals surface area contributed by atoms with E-state index in [-0.39, 0.29) is 22.8 Å². The first kappa shape index (κ1) is 25.6. The summed E-state index contributed by atoms with van der Waals surface area (Å²) in [5.41, 5.74) is 1.08. The summed E-state index contributed by atoms with van der Waals surface area (Å²) >= 11 is 2.73. The number of alkyl carbamates (subject to hydrolysis) is 1. The standard InChI is InChI=1S/C24H28N4O4S2/c1-24(2,3)32-22(30)26-19(13-16-9-6-5-7-10-16)21-27-28-23(31-21)34-15-20(29)25-17-11-8-12-18(14-17)33-4/h5-12,14,19H,13,15H2,1-4H3,(H,25,29)(H,26,30)/t19-/m0/s1. The van der Waals surface area contributed by atoms with E-state index in [9.17, 15) is 9.59 Å². The van der Waals surface area contributed by atoms with Crippen molar-refractivity contribution in [1.82, 2.24) is 15.5 Å². The van der Waals surface area contributed by atoms with Crippen LogP contribution in [-0.2, 0) is 16.0 Å². The van der Waals surface area contributed by atoms with E-state index in [1.807, 2.05) is 60.9 Å². The molecule has 0 aliphatic heterocycles. The highest BCUT2D eigenvalue weighted by atomic mass is 32.2. The van der Waals surface area contributed by atoms with Crippen LogP contribution in [0.2, 0.25) is 0 Å². The molecule has 1 atom stereocenters. The zero-order valence-corrected chi connectivity index (χ0v) is 21.2. The van der Waals surface area contributed by atoms with Gasteiger partial charge in [-0.05, 0) is 50.8 Å². The Morgan fingerprint density at radius 2 is 1.85 bits per heavy atom. The van der Waals surface area contributed by atoms with E-state index in [0.717, 1.165) is 27.9 Å². The average molecular weight is 501 g/mol. The molecule has 8 nitrogen and oxygen atoms in total. The van der Waals surface area contributed by atoms with Gasteiger partial charge in [-0.3, -0.25) is 4.79 Å². The number of anilines is 1. The van der Waals surface area contributed by atoms with Crippen LogP contribution in [0, 0.1) is 0 Å². The van der Waals surface area contributed by atoms with E-state index in [1.165, 1.54) is 0 Å². The molecule has 1 heterocycles. The van der Waals surface area contributed by atoms with Gasteiger partial charge >= 0.3 is 6.09 Å². The molecule has 3 aromatic rings. The van der Waals surface area contributed by atoms with Crippen molar-refractivity contribution in [3.05, 3.63) is 66.1 Å². The second-order valence-electron chi connectivity index (χ2n) is 8.36. The third-order valence-electron chi connectivity index (χ3n) is 4.37. The molecule has 0 aliphatic rings. The minimum Gasteiger partial charge on any atom is -0.444 e. The molecule has 0 saturated heterocycles. The number of hydrogen-bond donors (Lipinski definition) is 2. The third-order valence-corrected chi connectivity index (χ3v) is 5.92. The summed E-state index contributed by atoms with van der Waals surface area (Å²) in [6.45, 7) is 5.38. The molecule has 2 N–H and O–H groups in total. The third kappa shape index (κ3) is 8.42. The topological polar surface area (TPSA) is 106 Å². The Kier molecular flexibility index (Phi) is 9.00. The highest BCUT2D eigenvalue weighted by molar-refractivity contribution is 7.99. The SMILES string of the molecule is CSc1cccc(NC(=O)CSc2nnc([C@H](Cc3ccccc3)NC(=O)OC(C)(C)C)o2)c1. The largest absolute Gasteiger partial charge is 0.444 e. The molecule has 0 radical (unpaired) electrons. The van der Waals surface area contributed by atoms with Gasteiger partial charge in [-0.2, -0.15) is 0 Å². The van der Waals surface area contributed by atoms with Gasteiger partial charge in [-0.15, -0.1) is 22.0 Å². The predicted molar refractivity (Wildman–Crippen MR) is 134 cm³/mol. The van der Waals surface area contributed by atoms with E-state index < -0.39 is 17.7 Å². The van der Waals surface area contributed by atoms with E-state index in [0.29, 0.717) is 6.42 Å². The zero-order chi connectivity index (χ0) is 24.6. The number of nitrogens with zero attached hydrogens (tertiary/aromatic N) is 2. The van der Waals surface area contributed by atoms with Gasteiger partial charge < -0.3 is 19.8 Å². The summed E-state index contributed by atoms with van der Waals surface area (Å²) in [6, 6.07) is 16.7. The minimum absolute atomic E-state index is 0.105. The first-order chi connectivity index (χ1) is 16.2. The first-order valence-electron chi connectivity index (χ1n) is 10.7. The molecule has 2 aromatic carbocycles. The van der Waals surface area contributed by atoms with Crippen LogP contribution >= 0.6 is 23.5 Å².